The summed E-state index contributed by atoms with van der Waals surface area (Å²) in [5.41, 5.74) is -1.11. The number of hydrogen-bond acceptors (Lipinski definition) is 2. The molecule has 2 aromatic rings. The molecule has 0 aliphatic heterocycles. The fourth-order valence-corrected chi connectivity index (χ4v) is 1.99. The normalized spacial score (nSPS) is 11.4. The quantitative estimate of drug-likeness (QED) is 0.904. The maximum absolute atomic E-state index is 12.9. The van der Waals surface area contributed by atoms with E-state index in [0.717, 1.165) is 12.1 Å². The third-order valence-corrected chi connectivity index (χ3v) is 2.99. The van der Waals surface area contributed by atoms with E-state index in [4.69, 9.17) is 0 Å². The number of alkyl halides is 3. The molecule has 106 valence electrons. The minimum atomic E-state index is -4.61. The Kier molecular flexibility index (Phi) is 3.85. The summed E-state index contributed by atoms with van der Waals surface area (Å²) in [5.74, 6) is -0.835. The molecule has 0 bridgehead atoms. The molecule has 0 saturated carbocycles. The molecule has 1 aromatic carbocycles. The topological polar surface area (TPSA) is 46.9 Å². The van der Waals surface area contributed by atoms with Gasteiger partial charge in [-0.25, -0.2) is 0 Å². The number of benzene rings is 1. The zero-order chi connectivity index (χ0) is 14.9. The molecule has 0 aliphatic rings. The predicted molar refractivity (Wildman–Crippen MR) is 70.3 cm³/mol. The number of amides is 1. The molecule has 0 unspecified atom stereocenters. The van der Waals surface area contributed by atoms with Crippen LogP contribution in [-0.4, -0.2) is 15.7 Å². The van der Waals surface area contributed by atoms with E-state index in [1.54, 1.807) is 7.05 Å². The van der Waals surface area contributed by atoms with Gasteiger partial charge in [-0.2, -0.15) is 18.3 Å². The van der Waals surface area contributed by atoms with Gasteiger partial charge in [0, 0.05) is 17.7 Å². The average Bonchev–Trinajstić information content (AvgIpc) is 2.73. The highest BCUT2D eigenvalue weighted by Gasteiger charge is 2.35. The number of halogens is 4. The molecule has 1 heterocycles. The fraction of sp³-hybridized carbons (Fsp3) is 0.167. The van der Waals surface area contributed by atoms with E-state index < -0.39 is 23.2 Å². The fourth-order valence-electron chi connectivity index (χ4n) is 1.63. The minimum Gasteiger partial charge on any atom is -0.319 e. The second kappa shape index (κ2) is 5.28. The molecule has 0 saturated heterocycles. The smallest absolute Gasteiger partial charge is 0.319 e. The van der Waals surface area contributed by atoms with Crippen LogP contribution in [0.3, 0.4) is 0 Å². The van der Waals surface area contributed by atoms with Gasteiger partial charge < -0.3 is 5.32 Å². The van der Waals surface area contributed by atoms with E-state index in [-0.39, 0.29) is 4.47 Å². The van der Waals surface area contributed by atoms with E-state index in [9.17, 15) is 18.0 Å². The van der Waals surface area contributed by atoms with Gasteiger partial charge in [0.05, 0.1) is 23.0 Å². The molecule has 8 heteroatoms. The number of carbonyl (C=O) groups is 1. The van der Waals surface area contributed by atoms with Crippen molar-refractivity contribution in [2.24, 2.45) is 7.05 Å². The maximum atomic E-state index is 12.9. The van der Waals surface area contributed by atoms with Crippen molar-refractivity contribution in [1.29, 1.82) is 0 Å². The van der Waals surface area contributed by atoms with Gasteiger partial charge in [-0.1, -0.05) is 15.9 Å². The van der Waals surface area contributed by atoms with Crippen LogP contribution in [0.1, 0.15) is 15.9 Å². The number of nitrogens with zero attached hydrogens (tertiary/aromatic N) is 2. The molecule has 20 heavy (non-hydrogen) atoms. The van der Waals surface area contributed by atoms with Crippen molar-refractivity contribution < 1.29 is 18.0 Å². The molecule has 0 atom stereocenters. The summed E-state index contributed by atoms with van der Waals surface area (Å²) in [7, 11) is 1.64. The van der Waals surface area contributed by atoms with Gasteiger partial charge in [-0.15, -0.1) is 0 Å². The Morgan fingerprint density at radius 3 is 2.65 bits per heavy atom. The molecular weight excluding hydrogens is 339 g/mol. The van der Waals surface area contributed by atoms with Crippen molar-refractivity contribution >= 4 is 27.5 Å². The summed E-state index contributed by atoms with van der Waals surface area (Å²) >= 11 is 2.96. The zero-order valence-electron chi connectivity index (χ0n) is 10.2. The lowest BCUT2D eigenvalue weighted by atomic mass is 10.1. The van der Waals surface area contributed by atoms with Crippen LogP contribution >= 0.6 is 15.9 Å². The van der Waals surface area contributed by atoms with Crippen molar-refractivity contribution in [2.45, 2.75) is 6.18 Å². The summed E-state index contributed by atoms with van der Waals surface area (Å²) in [6.45, 7) is 0. The molecule has 0 aliphatic carbocycles. The van der Waals surface area contributed by atoms with Crippen LogP contribution in [0.2, 0.25) is 0 Å². The van der Waals surface area contributed by atoms with Gasteiger partial charge in [0.25, 0.3) is 5.91 Å². The van der Waals surface area contributed by atoms with Crippen LogP contribution in [-0.2, 0) is 13.2 Å². The van der Waals surface area contributed by atoms with Crippen LogP contribution in [0.25, 0.3) is 0 Å². The SMILES string of the molecule is Cn1cc(NC(=O)c2ccc(Br)cc2C(F)(F)F)cn1. The molecule has 1 aromatic heterocycles. The molecule has 1 amide bonds. The molecule has 0 fully saturated rings. The number of hydrogen-bond donors (Lipinski definition) is 1. The summed E-state index contributed by atoms with van der Waals surface area (Å²) in [5, 5.41) is 6.19. The van der Waals surface area contributed by atoms with Gasteiger partial charge >= 0.3 is 6.18 Å². The molecule has 1 N–H and O–H groups in total. The lowest BCUT2D eigenvalue weighted by Crippen LogP contribution is -2.18. The Hall–Kier alpha value is -1.83. The number of rotatable bonds is 2. The minimum absolute atomic E-state index is 0.253. The number of carbonyl (C=O) groups excluding carboxylic acids is 1. The third-order valence-electron chi connectivity index (χ3n) is 2.49. The summed E-state index contributed by atoms with van der Waals surface area (Å²) in [6.07, 6.45) is -1.76. The van der Waals surface area contributed by atoms with E-state index in [0.29, 0.717) is 5.69 Å². The molecule has 0 spiro atoms. The van der Waals surface area contributed by atoms with Gasteiger partial charge in [-0.05, 0) is 18.2 Å². The maximum Gasteiger partial charge on any atom is 0.417 e. The molecule has 2 rings (SSSR count). The van der Waals surface area contributed by atoms with E-state index in [1.165, 1.54) is 23.1 Å². The summed E-state index contributed by atoms with van der Waals surface area (Å²) < 4.78 is 40.4. The van der Waals surface area contributed by atoms with Crippen LogP contribution in [0.5, 0.6) is 0 Å². The number of nitrogens with one attached hydrogen (secondary N) is 1. The highest BCUT2D eigenvalue weighted by atomic mass is 79.9. The first-order valence-electron chi connectivity index (χ1n) is 5.44. The highest BCUT2D eigenvalue weighted by Crippen LogP contribution is 2.34. The van der Waals surface area contributed by atoms with Gasteiger partial charge in [0.15, 0.2) is 0 Å². The first kappa shape index (κ1) is 14.6. The molecule has 4 nitrogen and oxygen atoms in total. The van der Waals surface area contributed by atoms with Gasteiger partial charge in [0.2, 0.25) is 0 Å². The van der Waals surface area contributed by atoms with Crippen molar-refractivity contribution in [3.63, 3.8) is 0 Å². The standard InChI is InChI=1S/C12H9BrF3N3O/c1-19-6-8(5-17-19)18-11(20)9-3-2-7(13)4-10(9)12(14,15)16/h2-6H,1H3,(H,18,20). The monoisotopic (exact) mass is 347 g/mol. The second-order valence-electron chi connectivity index (χ2n) is 4.04. The van der Waals surface area contributed by atoms with Crippen LogP contribution in [0.4, 0.5) is 18.9 Å². The van der Waals surface area contributed by atoms with Crippen LogP contribution in [0, 0.1) is 0 Å². The van der Waals surface area contributed by atoms with Crippen molar-refractivity contribution in [1.82, 2.24) is 9.78 Å². The lowest BCUT2D eigenvalue weighted by molar-refractivity contribution is -0.137. The van der Waals surface area contributed by atoms with Crippen molar-refractivity contribution in [3.8, 4) is 0 Å². The lowest BCUT2D eigenvalue weighted by Gasteiger charge is -2.12. The van der Waals surface area contributed by atoms with E-state index >= 15 is 0 Å². The number of anilines is 1. The Morgan fingerprint density at radius 1 is 1.40 bits per heavy atom. The second-order valence-corrected chi connectivity index (χ2v) is 4.96. The van der Waals surface area contributed by atoms with Crippen molar-refractivity contribution in [3.05, 3.63) is 46.2 Å². The van der Waals surface area contributed by atoms with Gasteiger partial charge in [0.1, 0.15) is 0 Å². The average molecular weight is 348 g/mol. The molecular formula is C12H9BrF3N3O. The number of aryl methyl sites for hydroxylation is 1. The predicted octanol–water partition coefficient (Wildman–Crippen LogP) is 3.45. The van der Waals surface area contributed by atoms with Gasteiger partial charge in [-0.3, -0.25) is 9.48 Å². The van der Waals surface area contributed by atoms with E-state index in [2.05, 4.69) is 26.3 Å². The van der Waals surface area contributed by atoms with Crippen molar-refractivity contribution in [2.75, 3.05) is 5.32 Å². The Morgan fingerprint density at radius 2 is 2.10 bits per heavy atom. The highest BCUT2D eigenvalue weighted by molar-refractivity contribution is 9.10. The summed E-state index contributed by atoms with van der Waals surface area (Å²) in [6, 6.07) is 3.38. The summed E-state index contributed by atoms with van der Waals surface area (Å²) in [4.78, 5) is 11.9. The Bertz CT molecular complexity index is 652. The largest absolute Gasteiger partial charge is 0.417 e. The zero-order valence-corrected chi connectivity index (χ0v) is 11.8. The first-order chi connectivity index (χ1) is 9.27. The first-order valence-corrected chi connectivity index (χ1v) is 6.23. The number of aromatic nitrogens is 2. The third kappa shape index (κ3) is 3.19. The Labute approximate surface area is 120 Å². The molecule has 0 radical (unpaired) electrons. The van der Waals surface area contributed by atoms with Crippen LogP contribution in [0.15, 0.2) is 35.1 Å². The van der Waals surface area contributed by atoms with Crippen LogP contribution < -0.4 is 5.32 Å². The van der Waals surface area contributed by atoms with E-state index in [1.807, 2.05) is 0 Å². The Balaban J connectivity index is 2.34.